The summed E-state index contributed by atoms with van der Waals surface area (Å²) in [7, 11) is 3.87. The zero-order valence-corrected chi connectivity index (χ0v) is 12.0. The second-order valence-electron chi connectivity index (χ2n) is 3.54. The Morgan fingerprint density at radius 1 is 1.20 bits per heavy atom. The van der Waals surface area contributed by atoms with Crippen LogP contribution in [0.4, 0.5) is 5.69 Å². The van der Waals surface area contributed by atoms with Gasteiger partial charge in [-0.1, -0.05) is 11.6 Å². The van der Waals surface area contributed by atoms with Crippen molar-refractivity contribution in [3.05, 3.63) is 35.0 Å². The predicted octanol–water partition coefficient (Wildman–Crippen LogP) is 1.99. The van der Waals surface area contributed by atoms with E-state index in [1.54, 1.807) is 18.2 Å². The fraction of sp³-hybridized carbons (Fsp3) is 0.231. The molecule has 0 unspecified atom stereocenters. The normalized spacial score (nSPS) is 10.7. The van der Waals surface area contributed by atoms with Crippen molar-refractivity contribution in [1.82, 2.24) is 0 Å². The number of nitrogens with one attached hydrogen (secondary N) is 1. The van der Waals surface area contributed by atoms with Gasteiger partial charge in [-0.3, -0.25) is 0 Å². The van der Waals surface area contributed by atoms with Gasteiger partial charge in [-0.25, -0.2) is 9.59 Å². The third kappa shape index (κ3) is 4.17. The maximum absolute atomic E-state index is 11.6. The molecule has 0 aromatic heterocycles. The Labute approximate surface area is 121 Å². The van der Waals surface area contributed by atoms with Gasteiger partial charge >= 0.3 is 11.9 Å². The van der Waals surface area contributed by atoms with E-state index in [1.807, 2.05) is 0 Å². The lowest BCUT2D eigenvalue weighted by atomic mass is 10.2. The minimum atomic E-state index is -0.725. The molecule has 0 atom stereocenters. The van der Waals surface area contributed by atoms with Gasteiger partial charge in [0.15, 0.2) is 0 Å². The third-order valence-electron chi connectivity index (χ3n) is 2.30. The molecule has 1 aromatic carbocycles. The van der Waals surface area contributed by atoms with Crippen LogP contribution in [0.25, 0.3) is 0 Å². The van der Waals surface area contributed by atoms with Crippen LogP contribution in [0.5, 0.6) is 5.75 Å². The molecule has 0 spiro atoms. The first-order valence-corrected chi connectivity index (χ1v) is 5.88. The Bertz CT molecular complexity index is 542. The topological polar surface area (TPSA) is 73.9 Å². The van der Waals surface area contributed by atoms with Crippen LogP contribution in [0.3, 0.4) is 0 Å². The molecular weight excluding hydrogens is 286 g/mol. The highest BCUT2D eigenvalue weighted by Crippen LogP contribution is 2.28. The summed E-state index contributed by atoms with van der Waals surface area (Å²) in [5.41, 5.74) is 0.320. The van der Waals surface area contributed by atoms with Crippen LogP contribution in [0.15, 0.2) is 30.0 Å². The van der Waals surface area contributed by atoms with Crippen molar-refractivity contribution in [2.45, 2.75) is 0 Å². The molecule has 0 bridgehead atoms. The van der Waals surface area contributed by atoms with E-state index in [-0.39, 0.29) is 5.70 Å². The lowest BCUT2D eigenvalue weighted by Crippen LogP contribution is -2.15. The first-order chi connectivity index (χ1) is 9.51. The van der Waals surface area contributed by atoms with E-state index in [4.69, 9.17) is 16.3 Å². The molecule has 0 radical (unpaired) electrons. The van der Waals surface area contributed by atoms with Crippen LogP contribution in [0, 0.1) is 0 Å². The van der Waals surface area contributed by atoms with Gasteiger partial charge in [-0.2, -0.15) is 0 Å². The molecule has 0 amide bonds. The molecule has 0 aliphatic rings. The van der Waals surface area contributed by atoms with E-state index in [0.29, 0.717) is 16.5 Å². The zero-order valence-electron chi connectivity index (χ0n) is 11.2. The standard InChI is InChI=1S/C13H14ClNO5/c1-18-11-5-4-8(14)6-9(11)15-10(13(17)20-3)7-12(16)19-2/h4-7,15H,1-3H3/b10-7+. The van der Waals surface area contributed by atoms with Crippen molar-refractivity contribution >= 4 is 29.2 Å². The summed E-state index contributed by atoms with van der Waals surface area (Å²) in [6.07, 6.45) is 0.978. The summed E-state index contributed by atoms with van der Waals surface area (Å²) >= 11 is 5.88. The van der Waals surface area contributed by atoms with Crippen molar-refractivity contribution in [2.24, 2.45) is 0 Å². The molecule has 0 saturated carbocycles. The summed E-state index contributed by atoms with van der Waals surface area (Å²) in [5.74, 6) is -0.967. The van der Waals surface area contributed by atoms with E-state index >= 15 is 0 Å². The van der Waals surface area contributed by atoms with Crippen molar-refractivity contribution in [3.63, 3.8) is 0 Å². The molecular formula is C13H14ClNO5. The summed E-state index contributed by atoms with van der Waals surface area (Å²) in [6.45, 7) is 0. The number of hydrogen-bond donors (Lipinski definition) is 1. The number of hydrogen-bond acceptors (Lipinski definition) is 6. The third-order valence-corrected chi connectivity index (χ3v) is 2.53. The van der Waals surface area contributed by atoms with Crippen LogP contribution in [-0.2, 0) is 19.1 Å². The molecule has 20 heavy (non-hydrogen) atoms. The quantitative estimate of drug-likeness (QED) is 0.662. The highest BCUT2D eigenvalue weighted by molar-refractivity contribution is 6.31. The van der Waals surface area contributed by atoms with Gasteiger partial charge in [-0.15, -0.1) is 0 Å². The van der Waals surface area contributed by atoms with Gasteiger partial charge in [0.1, 0.15) is 11.4 Å². The first-order valence-electron chi connectivity index (χ1n) is 5.50. The number of ether oxygens (including phenoxy) is 3. The fourth-order valence-electron chi connectivity index (χ4n) is 1.36. The van der Waals surface area contributed by atoms with Gasteiger partial charge in [0.25, 0.3) is 0 Å². The van der Waals surface area contributed by atoms with Gasteiger partial charge in [0.05, 0.1) is 33.1 Å². The average Bonchev–Trinajstić information content (AvgIpc) is 2.45. The van der Waals surface area contributed by atoms with Crippen LogP contribution in [0.2, 0.25) is 5.02 Å². The highest BCUT2D eigenvalue weighted by atomic mass is 35.5. The van der Waals surface area contributed by atoms with Crippen molar-refractivity contribution in [1.29, 1.82) is 0 Å². The van der Waals surface area contributed by atoms with Crippen LogP contribution < -0.4 is 10.1 Å². The Hall–Kier alpha value is -2.21. The van der Waals surface area contributed by atoms with E-state index < -0.39 is 11.9 Å². The molecule has 6 nitrogen and oxygen atoms in total. The molecule has 0 saturated heterocycles. The molecule has 1 aromatic rings. The number of carbonyl (C=O) groups is 2. The fourth-order valence-corrected chi connectivity index (χ4v) is 1.53. The number of benzene rings is 1. The van der Waals surface area contributed by atoms with Gasteiger partial charge in [-0.05, 0) is 18.2 Å². The lowest BCUT2D eigenvalue weighted by molar-refractivity contribution is -0.138. The number of anilines is 1. The second-order valence-corrected chi connectivity index (χ2v) is 3.98. The number of carbonyl (C=O) groups excluding carboxylic acids is 2. The zero-order chi connectivity index (χ0) is 15.1. The smallest absolute Gasteiger partial charge is 0.354 e. The van der Waals surface area contributed by atoms with Crippen molar-refractivity contribution < 1.29 is 23.8 Å². The van der Waals surface area contributed by atoms with Gasteiger partial charge in [0, 0.05) is 5.02 Å². The number of esters is 2. The lowest BCUT2D eigenvalue weighted by Gasteiger charge is -2.12. The van der Waals surface area contributed by atoms with Crippen LogP contribution in [-0.4, -0.2) is 33.3 Å². The molecule has 0 aliphatic carbocycles. The Morgan fingerprint density at radius 3 is 2.45 bits per heavy atom. The van der Waals surface area contributed by atoms with E-state index in [0.717, 1.165) is 6.08 Å². The predicted molar refractivity (Wildman–Crippen MR) is 73.7 cm³/mol. The van der Waals surface area contributed by atoms with Crippen molar-refractivity contribution in [3.8, 4) is 5.75 Å². The summed E-state index contributed by atoms with van der Waals surface area (Å²) in [4.78, 5) is 22.9. The Balaban J connectivity index is 3.13. The number of halogens is 1. The highest BCUT2D eigenvalue weighted by Gasteiger charge is 2.15. The van der Waals surface area contributed by atoms with E-state index in [9.17, 15) is 9.59 Å². The Kier molecular flexibility index (Phi) is 5.86. The van der Waals surface area contributed by atoms with Gasteiger partial charge in [0.2, 0.25) is 0 Å². The monoisotopic (exact) mass is 299 g/mol. The number of methoxy groups -OCH3 is 3. The molecule has 1 rings (SSSR count). The first kappa shape index (κ1) is 15.8. The average molecular weight is 300 g/mol. The minimum absolute atomic E-state index is 0.0973. The molecule has 108 valence electrons. The summed E-state index contributed by atoms with van der Waals surface area (Å²) in [5, 5.41) is 3.17. The summed E-state index contributed by atoms with van der Waals surface area (Å²) in [6, 6.07) is 4.81. The maximum Gasteiger partial charge on any atom is 0.354 e. The second kappa shape index (κ2) is 7.40. The number of rotatable bonds is 5. The summed E-state index contributed by atoms with van der Waals surface area (Å²) < 4.78 is 14.2. The van der Waals surface area contributed by atoms with Crippen LogP contribution in [0.1, 0.15) is 0 Å². The molecule has 7 heteroatoms. The van der Waals surface area contributed by atoms with Gasteiger partial charge < -0.3 is 19.5 Å². The minimum Gasteiger partial charge on any atom is -0.495 e. The molecule has 0 fully saturated rings. The molecule has 1 N–H and O–H groups in total. The SMILES string of the molecule is COC(=O)/C=C(/Nc1cc(Cl)ccc1OC)C(=O)OC. The Morgan fingerprint density at radius 2 is 1.90 bits per heavy atom. The maximum atomic E-state index is 11.6. The largest absolute Gasteiger partial charge is 0.495 e. The molecule has 0 heterocycles. The van der Waals surface area contributed by atoms with E-state index in [1.165, 1.54) is 21.3 Å². The molecule has 0 aliphatic heterocycles. The van der Waals surface area contributed by atoms with E-state index in [2.05, 4.69) is 14.8 Å². The van der Waals surface area contributed by atoms with Crippen molar-refractivity contribution in [2.75, 3.05) is 26.6 Å². The van der Waals surface area contributed by atoms with Crippen LogP contribution >= 0.6 is 11.6 Å².